The van der Waals surface area contributed by atoms with Crippen LogP contribution in [-0.4, -0.2) is 38.4 Å². The van der Waals surface area contributed by atoms with Crippen molar-refractivity contribution in [3.05, 3.63) is 48.6 Å². The van der Waals surface area contributed by atoms with Gasteiger partial charge in [-0.1, -0.05) is 50.6 Å². The number of rotatable bonds is 12. The van der Waals surface area contributed by atoms with Gasteiger partial charge in [-0.25, -0.2) is 9.59 Å². The van der Waals surface area contributed by atoms with Crippen molar-refractivity contribution in [2.24, 2.45) is 0 Å². The van der Waals surface area contributed by atoms with E-state index < -0.39 is 12.1 Å². The second kappa shape index (κ2) is 13.7. The summed E-state index contributed by atoms with van der Waals surface area (Å²) in [5, 5.41) is 2.48. The molecule has 1 N–H and O–H groups in total. The highest BCUT2D eigenvalue weighted by molar-refractivity contribution is 5.81. The maximum absolute atomic E-state index is 11.6. The number of unbranched alkanes of at least 4 members (excludes halogenated alkanes) is 2. The lowest BCUT2D eigenvalue weighted by molar-refractivity contribution is -0.137. The summed E-state index contributed by atoms with van der Waals surface area (Å²) in [7, 11) is 0. The lowest BCUT2D eigenvalue weighted by Gasteiger charge is -2.07. The molecule has 0 fully saturated rings. The third-order valence-electron chi connectivity index (χ3n) is 3.29. The Hall–Kier alpha value is -2.60. The number of hydrogen-bond acceptors (Lipinski definition) is 5. The van der Waals surface area contributed by atoms with Gasteiger partial charge in [0.2, 0.25) is 0 Å². The van der Waals surface area contributed by atoms with Gasteiger partial charge in [-0.2, -0.15) is 0 Å². The summed E-state index contributed by atoms with van der Waals surface area (Å²) < 4.78 is 15.4. The van der Waals surface area contributed by atoms with Crippen LogP contribution < -0.4 is 10.1 Å². The molecule has 0 saturated heterocycles. The standard InChI is InChI=1S/C20H27NO5/c1-3-5-6-14-24-15-7-8-17-9-11-18(12-10-17)26-20(23)21-13-16-25-19(22)4-2/h4,7-12H,2-3,5-6,13-16H2,1H3,(H,21,23)/b8-7+. The van der Waals surface area contributed by atoms with Gasteiger partial charge in [0.25, 0.3) is 0 Å². The van der Waals surface area contributed by atoms with Gasteiger partial charge in [0.05, 0.1) is 13.2 Å². The normalized spacial score (nSPS) is 10.5. The van der Waals surface area contributed by atoms with Crippen LogP contribution in [0.3, 0.4) is 0 Å². The van der Waals surface area contributed by atoms with E-state index in [4.69, 9.17) is 14.2 Å². The predicted molar refractivity (Wildman–Crippen MR) is 101 cm³/mol. The molecule has 1 amide bonds. The first kappa shape index (κ1) is 21.4. The Morgan fingerprint density at radius 3 is 2.62 bits per heavy atom. The molecule has 0 aliphatic heterocycles. The molecule has 1 aromatic rings. The molecular weight excluding hydrogens is 334 g/mol. The van der Waals surface area contributed by atoms with Crippen LogP contribution in [0.15, 0.2) is 43.0 Å². The maximum atomic E-state index is 11.6. The van der Waals surface area contributed by atoms with Crippen LogP contribution in [0.4, 0.5) is 4.79 Å². The van der Waals surface area contributed by atoms with Crippen LogP contribution in [0, 0.1) is 0 Å². The van der Waals surface area contributed by atoms with Gasteiger partial charge in [0.1, 0.15) is 12.4 Å². The van der Waals surface area contributed by atoms with Crippen molar-refractivity contribution in [1.82, 2.24) is 5.32 Å². The Labute approximate surface area is 154 Å². The summed E-state index contributed by atoms with van der Waals surface area (Å²) in [4.78, 5) is 22.4. The second-order valence-electron chi connectivity index (χ2n) is 5.44. The molecule has 0 aliphatic carbocycles. The SMILES string of the molecule is C=CC(=O)OCCNC(=O)Oc1ccc(/C=C/COCCCCC)cc1. The monoisotopic (exact) mass is 361 g/mol. The van der Waals surface area contributed by atoms with E-state index in [2.05, 4.69) is 18.8 Å². The van der Waals surface area contributed by atoms with Crippen molar-refractivity contribution in [3.63, 3.8) is 0 Å². The number of benzene rings is 1. The predicted octanol–water partition coefficient (Wildman–Crippen LogP) is 3.72. The van der Waals surface area contributed by atoms with Gasteiger partial charge in [-0.15, -0.1) is 0 Å². The summed E-state index contributed by atoms with van der Waals surface area (Å²) >= 11 is 0. The van der Waals surface area contributed by atoms with Gasteiger partial charge in [0, 0.05) is 12.7 Å². The molecule has 1 aromatic carbocycles. The van der Waals surface area contributed by atoms with Gasteiger partial charge in [-0.05, 0) is 24.1 Å². The number of ether oxygens (including phenoxy) is 3. The summed E-state index contributed by atoms with van der Waals surface area (Å²) in [6.45, 7) is 7.03. The lowest BCUT2D eigenvalue weighted by atomic mass is 10.2. The minimum Gasteiger partial charge on any atom is -0.461 e. The molecule has 0 bridgehead atoms. The molecule has 0 aliphatic rings. The van der Waals surface area contributed by atoms with Crippen molar-refractivity contribution in [2.75, 3.05) is 26.4 Å². The summed E-state index contributed by atoms with van der Waals surface area (Å²) in [6.07, 6.45) is 7.84. The smallest absolute Gasteiger partial charge is 0.412 e. The van der Waals surface area contributed by atoms with Gasteiger partial charge < -0.3 is 19.5 Å². The highest BCUT2D eigenvalue weighted by Crippen LogP contribution is 2.13. The summed E-state index contributed by atoms with van der Waals surface area (Å²) in [6, 6.07) is 7.11. The first-order chi connectivity index (χ1) is 12.7. The lowest BCUT2D eigenvalue weighted by Crippen LogP contribution is -2.30. The number of esters is 1. The Morgan fingerprint density at radius 1 is 1.15 bits per heavy atom. The van der Waals surface area contributed by atoms with E-state index in [0.29, 0.717) is 12.4 Å². The molecule has 0 atom stereocenters. The zero-order chi connectivity index (χ0) is 19.0. The number of carbonyl (C=O) groups is 2. The third kappa shape index (κ3) is 10.3. The Balaban J connectivity index is 2.23. The number of carbonyl (C=O) groups excluding carboxylic acids is 2. The minimum atomic E-state index is -0.608. The molecule has 0 aromatic heterocycles. The topological polar surface area (TPSA) is 73.9 Å². The fourth-order valence-electron chi connectivity index (χ4n) is 1.94. The van der Waals surface area contributed by atoms with Gasteiger partial charge in [-0.3, -0.25) is 0 Å². The van der Waals surface area contributed by atoms with E-state index in [0.717, 1.165) is 24.7 Å². The van der Waals surface area contributed by atoms with Crippen LogP contribution in [0.5, 0.6) is 5.75 Å². The average molecular weight is 361 g/mol. The molecule has 6 heteroatoms. The van der Waals surface area contributed by atoms with Gasteiger partial charge >= 0.3 is 12.1 Å². The molecule has 1 rings (SSSR count). The van der Waals surface area contributed by atoms with Gasteiger partial charge in [0.15, 0.2) is 0 Å². The van der Waals surface area contributed by atoms with Crippen molar-refractivity contribution in [2.45, 2.75) is 26.2 Å². The molecule has 0 radical (unpaired) electrons. The molecule has 142 valence electrons. The molecular formula is C20H27NO5. The van der Waals surface area contributed by atoms with Crippen LogP contribution in [-0.2, 0) is 14.3 Å². The quantitative estimate of drug-likeness (QED) is 0.349. The molecule has 0 saturated carbocycles. The Morgan fingerprint density at radius 2 is 1.92 bits per heavy atom. The van der Waals surface area contributed by atoms with Crippen LogP contribution in [0.1, 0.15) is 31.7 Å². The number of amides is 1. The number of nitrogens with one attached hydrogen (secondary N) is 1. The van der Waals surface area contributed by atoms with Crippen LogP contribution in [0.2, 0.25) is 0 Å². The summed E-state index contributed by atoms with van der Waals surface area (Å²) in [5.41, 5.74) is 0.992. The highest BCUT2D eigenvalue weighted by atomic mass is 16.6. The minimum absolute atomic E-state index is 0.0597. The molecule has 26 heavy (non-hydrogen) atoms. The van der Waals surface area contributed by atoms with Crippen LogP contribution >= 0.6 is 0 Å². The van der Waals surface area contributed by atoms with E-state index in [1.165, 1.54) is 12.8 Å². The fraction of sp³-hybridized carbons (Fsp3) is 0.400. The van der Waals surface area contributed by atoms with E-state index >= 15 is 0 Å². The van der Waals surface area contributed by atoms with E-state index in [9.17, 15) is 9.59 Å². The Kier molecular flexibility index (Phi) is 11.3. The van der Waals surface area contributed by atoms with E-state index in [1.54, 1.807) is 12.1 Å². The molecule has 6 nitrogen and oxygen atoms in total. The van der Waals surface area contributed by atoms with Crippen molar-refractivity contribution in [1.29, 1.82) is 0 Å². The Bertz CT molecular complexity index is 580. The largest absolute Gasteiger partial charge is 0.461 e. The maximum Gasteiger partial charge on any atom is 0.412 e. The van der Waals surface area contributed by atoms with Crippen molar-refractivity contribution < 1.29 is 23.8 Å². The van der Waals surface area contributed by atoms with Crippen molar-refractivity contribution in [3.8, 4) is 5.75 Å². The van der Waals surface area contributed by atoms with Crippen molar-refractivity contribution >= 4 is 18.1 Å². The molecule has 0 heterocycles. The first-order valence-electron chi connectivity index (χ1n) is 8.75. The third-order valence-corrected chi connectivity index (χ3v) is 3.29. The summed E-state index contributed by atoms with van der Waals surface area (Å²) in [5.74, 6) is -0.103. The van der Waals surface area contributed by atoms with E-state index in [-0.39, 0.29) is 13.2 Å². The molecule has 0 unspecified atom stereocenters. The highest BCUT2D eigenvalue weighted by Gasteiger charge is 2.04. The first-order valence-corrected chi connectivity index (χ1v) is 8.75. The van der Waals surface area contributed by atoms with E-state index in [1.807, 2.05) is 24.3 Å². The zero-order valence-electron chi connectivity index (χ0n) is 15.2. The van der Waals surface area contributed by atoms with Crippen LogP contribution in [0.25, 0.3) is 6.08 Å². The fourth-order valence-corrected chi connectivity index (χ4v) is 1.94. The molecule has 0 spiro atoms. The number of hydrogen-bond donors (Lipinski definition) is 1. The average Bonchev–Trinajstić information content (AvgIpc) is 2.65. The zero-order valence-corrected chi connectivity index (χ0v) is 15.2. The second-order valence-corrected chi connectivity index (χ2v) is 5.44.